The molecular formula is C20H18N4O3S3. The lowest BCUT2D eigenvalue weighted by atomic mass is 10.2. The summed E-state index contributed by atoms with van der Waals surface area (Å²) in [5.41, 5.74) is 6.95. The smallest absolute Gasteiger partial charge is 0.250 e. The summed E-state index contributed by atoms with van der Waals surface area (Å²) in [6.07, 6.45) is 2.09. The molecule has 30 heavy (non-hydrogen) atoms. The summed E-state index contributed by atoms with van der Waals surface area (Å²) in [6.45, 7) is 0.867. The first-order chi connectivity index (χ1) is 14.4. The topological polar surface area (TPSA) is 105 Å². The van der Waals surface area contributed by atoms with E-state index in [-0.39, 0.29) is 10.1 Å². The maximum atomic E-state index is 12.9. The van der Waals surface area contributed by atoms with Crippen LogP contribution in [0.2, 0.25) is 0 Å². The number of anilines is 1. The highest BCUT2D eigenvalue weighted by molar-refractivity contribution is 7.91. The van der Waals surface area contributed by atoms with E-state index in [0.29, 0.717) is 25.3 Å². The molecule has 1 aliphatic rings. The fourth-order valence-corrected chi connectivity index (χ4v) is 7.33. The van der Waals surface area contributed by atoms with Crippen LogP contribution in [0.1, 0.15) is 12.0 Å². The minimum absolute atomic E-state index is 0.220. The van der Waals surface area contributed by atoms with E-state index >= 15 is 0 Å². The molecule has 1 aliphatic heterocycles. The average Bonchev–Trinajstić information content (AvgIpc) is 3.42. The fraction of sp³-hybridized carbons (Fsp3) is 0.200. The molecule has 154 valence electrons. The van der Waals surface area contributed by atoms with Crippen molar-refractivity contribution in [3.63, 3.8) is 0 Å². The zero-order valence-corrected chi connectivity index (χ0v) is 18.2. The Morgan fingerprint density at radius 1 is 1.23 bits per heavy atom. The van der Waals surface area contributed by atoms with Crippen LogP contribution in [-0.2, 0) is 21.4 Å². The van der Waals surface area contributed by atoms with E-state index in [9.17, 15) is 13.2 Å². The average molecular weight is 459 g/mol. The number of carbonyl (C=O) groups excluding carboxylic acids is 1. The number of fused-ring (bicyclic) bond motifs is 2. The van der Waals surface area contributed by atoms with Crippen LogP contribution >= 0.6 is 22.7 Å². The van der Waals surface area contributed by atoms with Gasteiger partial charge in [-0.2, -0.15) is 4.72 Å². The second-order valence-electron chi connectivity index (χ2n) is 7.16. The largest absolute Gasteiger partial charge is 0.383 e. The first kappa shape index (κ1) is 19.4. The molecule has 3 aromatic heterocycles. The van der Waals surface area contributed by atoms with Crippen molar-refractivity contribution >= 4 is 64.6 Å². The van der Waals surface area contributed by atoms with Gasteiger partial charge in [-0.25, -0.2) is 13.4 Å². The molecule has 10 heteroatoms. The van der Waals surface area contributed by atoms with Crippen molar-refractivity contribution in [1.29, 1.82) is 0 Å². The summed E-state index contributed by atoms with van der Waals surface area (Å²) in [5, 5.41) is 3.72. The van der Waals surface area contributed by atoms with Gasteiger partial charge in [-0.1, -0.05) is 18.2 Å². The lowest BCUT2D eigenvalue weighted by Gasteiger charge is -2.17. The van der Waals surface area contributed by atoms with Crippen LogP contribution in [0.4, 0.5) is 5.82 Å². The Kier molecular flexibility index (Phi) is 4.73. The Labute approximate surface area is 181 Å². The van der Waals surface area contributed by atoms with Gasteiger partial charge in [-0.05, 0) is 40.9 Å². The number of nitrogen functional groups attached to an aromatic ring is 1. The van der Waals surface area contributed by atoms with Crippen LogP contribution in [0.15, 0.2) is 52.2 Å². The van der Waals surface area contributed by atoms with Crippen molar-refractivity contribution in [2.24, 2.45) is 0 Å². The number of nitrogens with one attached hydrogen (secondary N) is 1. The molecule has 0 spiro atoms. The number of carbonyl (C=O) groups is 1. The third kappa shape index (κ3) is 3.35. The number of hydrogen-bond acceptors (Lipinski definition) is 7. The number of rotatable bonds is 5. The normalized spacial score (nSPS) is 17.4. The molecule has 1 amide bonds. The molecule has 0 saturated carbocycles. The SMILES string of the molecule is Nc1nccc2scc(CN3CCC(NS(=O)(=O)c4cc5ccccc5s4)C3=O)c12. The van der Waals surface area contributed by atoms with Crippen molar-refractivity contribution in [2.75, 3.05) is 12.3 Å². The number of aromatic nitrogens is 1. The molecule has 1 fully saturated rings. The second-order valence-corrected chi connectivity index (χ2v) is 11.1. The molecule has 1 atom stereocenters. The zero-order valence-electron chi connectivity index (χ0n) is 15.7. The van der Waals surface area contributed by atoms with Gasteiger partial charge in [0.15, 0.2) is 0 Å². The van der Waals surface area contributed by atoms with Gasteiger partial charge in [0, 0.05) is 34.1 Å². The van der Waals surface area contributed by atoms with Crippen molar-refractivity contribution in [3.05, 3.63) is 53.5 Å². The van der Waals surface area contributed by atoms with E-state index in [4.69, 9.17) is 5.73 Å². The summed E-state index contributed by atoms with van der Waals surface area (Å²) >= 11 is 2.76. The van der Waals surface area contributed by atoms with E-state index in [2.05, 4.69) is 9.71 Å². The van der Waals surface area contributed by atoms with Crippen molar-refractivity contribution in [1.82, 2.24) is 14.6 Å². The van der Waals surface area contributed by atoms with Gasteiger partial charge in [-0.3, -0.25) is 4.79 Å². The lowest BCUT2D eigenvalue weighted by Crippen LogP contribution is -2.41. The van der Waals surface area contributed by atoms with Crippen LogP contribution in [0.3, 0.4) is 0 Å². The van der Waals surface area contributed by atoms with Crippen molar-refractivity contribution in [3.8, 4) is 0 Å². The Bertz CT molecular complexity index is 1340. The molecule has 3 N–H and O–H groups in total. The van der Waals surface area contributed by atoms with E-state index in [1.807, 2.05) is 35.7 Å². The molecule has 1 saturated heterocycles. The van der Waals surface area contributed by atoms with Gasteiger partial charge in [0.25, 0.3) is 10.0 Å². The third-order valence-electron chi connectivity index (χ3n) is 5.22. The maximum absolute atomic E-state index is 12.9. The fourth-order valence-electron chi connectivity index (χ4n) is 3.74. The lowest BCUT2D eigenvalue weighted by molar-refractivity contribution is -0.129. The van der Waals surface area contributed by atoms with Crippen molar-refractivity contribution < 1.29 is 13.2 Å². The van der Waals surface area contributed by atoms with E-state index in [1.54, 1.807) is 28.5 Å². The summed E-state index contributed by atoms with van der Waals surface area (Å²) < 4.78 is 30.4. The second kappa shape index (κ2) is 7.31. The quantitative estimate of drug-likeness (QED) is 0.478. The molecule has 0 radical (unpaired) electrons. The number of hydrogen-bond donors (Lipinski definition) is 2. The Balaban J connectivity index is 1.34. The standard InChI is InChI=1S/C20H18N4O3S3/c21-19-18-13(11-28-16(18)5-7-22-19)10-24-8-6-14(20(24)25)23-30(26,27)17-9-12-3-1-2-4-15(12)29-17/h1-5,7,9,11,14,23H,6,8,10H2,(H2,21,22). The number of sulfonamides is 1. The summed E-state index contributed by atoms with van der Waals surface area (Å²) in [5.74, 6) is 0.221. The number of nitrogens with zero attached hydrogens (tertiary/aromatic N) is 2. The van der Waals surface area contributed by atoms with Crippen LogP contribution in [0.25, 0.3) is 20.2 Å². The summed E-state index contributed by atoms with van der Waals surface area (Å²) in [4.78, 5) is 18.7. The van der Waals surface area contributed by atoms with Gasteiger partial charge in [-0.15, -0.1) is 22.7 Å². The number of likely N-dealkylation sites (tertiary alicyclic amines) is 1. The van der Waals surface area contributed by atoms with E-state index in [1.165, 1.54) is 11.3 Å². The molecule has 4 aromatic rings. The van der Waals surface area contributed by atoms with Crippen LogP contribution < -0.4 is 10.5 Å². The van der Waals surface area contributed by atoms with Gasteiger partial charge in [0.2, 0.25) is 5.91 Å². The van der Waals surface area contributed by atoms with Crippen LogP contribution in [-0.4, -0.2) is 36.8 Å². The third-order valence-corrected chi connectivity index (χ3v) is 9.27. The maximum Gasteiger partial charge on any atom is 0.250 e. The Morgan fingerprint density at radius 2 is 2.07 bits per heavy atom. The highest BCUT2D eigenvalue weighted by Gasteiger charge is 2.35. The summed E-state index contributed by atoms with van der Waals surface area (Å²) in [6, 6.07) is 10.3. The zero-order chi connectivity index (χ0) is 20.9. The molecule has 1 aromatic carbocycles. The summed E-state index contributed by atoms with van der Waals surface area (Å²) in [7, 11) is -3.77. The highest BCUT2D eigenvalue weighted by Crippen LogP contribution is 2.32. The van der Waals surface area contributed by atoms with Gasteiger partial charge < -0.3 is 10.6 Å². The number of amides is 1. The Morgan fingerprint density at radius 3 is 2.90 bits per heavy atom. The molecule has 1 unspecified atom stereocenters. The van der Waals surface area contributed by atoms with Gasteiger partial charge in [0.1, 0.15) is 16.1 Å². The van der Waals surface area contributed by atoms with Crippen LogP contribution in [0.5, 0.6) is 0 Å². The molecule has 7 nitrogen and oxygen atoms in total. The van der Waals surface area contributed by atoms with Crippen molar-refractivity contribution in [2.45, 2.75) is 23.2 Å². The number of nitrogens with two attached hydrogens (primary N) is 1. The van der Waals surface area contributed by atoms with E-state index < -0.39 is 16.1 Å². The minimum Gasteiger partial charge on any atom is -0.383 e. The number of pyridine rings is 1. The molecule has 4 heterocycles. The number of thiophene rings is 2. The first-order valence-corrected chi connectivity index (χ1v) is 12.5. The highest BCUT2D eigenvalue weighted by atomic mass is 32.2. The number of benzene rings is 1. The van der Waals surface area contributed by atoms with Crippen LogP contribution in [0, 0.1) is 0 Å². The Hall–Kier alpha value is -2.53. The van der Waals surface area contributed by atoms with Gasteiger partial charge in [0.05, 0.1) is 0 Å². The van der Waals surface area contributed by atoms with Gasteiger partial charge >= 0.3 is 0 Å². The molecular weight excluding hydrogens is 440 g/mol. The molecule has 0 bridgehead atoms. The predicted molar refractivity (Wildman–Crippen MR) is 120 cm³/mol. The molecule has 0 aliphatic carbocycles. The first-order valence-electron chi connectivity index (χ1n) is 9.32. The van der Waals surface area contributed by atoms with E-state index in [0.717, 1.165) is 25.7 Å². The molecule has 5 rings (SSSR count). The monoisotopic (exact) mass is 458 g/mol. The predicted octanol–water partition coefficient (Wildman–Crippen LogP) is 3.17. The minimum atomic E-state index is -3.77.